The van der Waals surface area contributed by atoms with E-state index in [1.807, 2.05) is 13.8 Å². The molecule has 0 aliphatic carbocycles. The minimum atomic E-state index is 0.439. The fourth-order valence-electron chi connectivity index (χ4n) is 2.88. The van der Waals surface area contributed by atoms with E-state index in [0.717, 1.165) is 43.7 Å². The third-order valence-corrected chi connectivity index (χ3v) is 3.88. The van der Waals surface area contributed by atoms with Crippen LogP contribution in [0.2, 0.25) is 0 Å². The molecule has 1 heterocycles. The van der Waals surface area contributed by atoms with E-state index in [1.165, 1.54) is 5.56 Å². The van der Waals surface area contributed by atoms with Gasteiger partial charge in [-0.1, -0.05) is 19.1 Å². The molecule has 0 aromatic heterocycles. The Balaban J connectivity index is 2.26. The summed E-state index contributed by atoms with van der Waals surface area (Å²) in [5.41, 5.74) is 3.31. The van der Waals surface area contributed by atoms with Crippen LogP contribution >= 0.6 is 0 Å². The second-order valence-electron chi connectivity index (χ2n) is 5.21. The van der Waals surface area contributed by atoms with Crippen LogP contribution in [0.4, 0.5) is 0 Å². The summed E-state index contributed by atoms with van der Waals surface area (Å²) in [6.07, 6.45) is 1.11. The lowest BCUT2D eigenvalue weighted by molar-refractivity contribution is 0.169. The van der Waals surface area contributed by atoms with Crippen molar-refractivity contribution < 1.29 is 5.11 Å². The van der Waals surface area contributed by atoms with Crippen LogP contribution in [0.3, 0.4) is 0 Å². The van der Waals surface area contributed by atoms with Crippen LogP contribution in [0.25, 0.3) is 0 Å². The van der Waals surface area contributed by atoms with Gasteiger partial charge in [0.05, 0.1) is 0 Å². The van der Waals surface area contributed by atoms with E-state index in [-0.39, 0.29) is 0 Å². The molecule has 0 unspecified atom stereocenters. The number of piperazine rings is 1. The summed E-state index contributed by atoms with van der Waals surface area (Å²) in [6, 6.07) is 4.75. The van der Waals surface area contributed by atoms with Crippen molar-refractivity contribution in [2.45, 2.75) is 33.2 Å². The second kappa shape index (κ2) is 5.72. The van der Waals surface area contributed by atoms with Crippen LogP contribution < -0.4 is 5.32 Å². The molecule has 3 heteroatoms. The minimum absolute atomic E-state index is 0.439. The van der Waals surface area contributed by atoms with Gasteiger partial charge < -0.3 is 10.4 Å². The number of nitrogens with one attached hydrogen (secondary N) is 1. The molecule has 1 fully saturated rings. The summed E-state index contributed by atoms with van der Waals surface area (Å²) in [4.78, 5) is 2.54. The van der Waals surface area contributed by atoms with Gasteiger partial charge in [0.15, 0.2) is 0 Å². The van der Waals surface area contributed by atoms with Crippen molar-refractivity contribution >= 4 is 0 Å². The molecule has 2 rings (SSSR count). The van der Waals surface area contributed by atoms with Crippen molar-refractivity contribution in [1.29, 1.82) is 0 Å². The standard InChI is InChI=1S/C15H24N2O/c1-4-14(17-7-5-16-6-8-17)13-9-11(2)15(18)12(3)10-13/h9-10,14,16,18H,4-8H2,1-3H3/t14-/m1/s1. The van der Waals surface area contributed by atoms with E-state index in [2.05, 4.69) is 29.3 Å². The zero-order valence-corrected chi connectivity index (χ0v) is 11.7. The Morgan fingerprint density at radius 3 is 2.28 bits per heavy atom. The van der Waals surface area contributed by atoms with Gasteiger partial charge >= 0.3 is 0 Å². The summed E-state index contributed by atoms with van der Waals surface area (Å²) in [5, 5.41) is 13.3. The first kappa shape index (κ1) is 13.4. The van der Waals surface area contributed by atoms with Crippen LogP contribution in [0.1, 0.15) is 36.1 Å². The highest BCUT2D eigenvalue weighted by molar-refractivity contribution is 5.43. The summed E-state index contributed by atoms with van der Waals surface area (Å²) >= 11 is 0. The van der Waals surface area contributed by atoms with Crippen molar-refractivity contribution in [3.05, 3.63) is 28.8 Å². The quantitative estimate of drug-likeness (QED) is 0.862. The maximum atomic E-state index is 9.87. The molecule has 0 radical (unpaired) electrons. The topological polar surface area (TPSA) is 35.5 Å². The predicted molar refractivity (Wildman–Crippen MR) is 75.1 cm³/mol. The number of aromatic hydroxyl groups is 1. The Bertz CT molecular complexity index is 388. The molecule has 1 aromatic carbocycles. The molecule has 0 saturated carbocycles. The number of hydrogen-bond acceptors (Lipinski definition) is 3. The fraction of sp³-hybridized carbons (Fsp3) is 0.600. The number of aryl methyl sites for hydroxylation is 2. The van der Waals surface area contributed by atoms with E-state index in [1.54, 1.807) is 0 Å². The zero-order valence-electron chi connectivity index (χ0n) is 11.7. The monoisotopic (exact) mass is 248 g/mol. The Kier molecular flexibility index (Phi) is 4.25. The van der Waals surface area contributed by atoms with Gasteiger partial charge in [-0.05, 0) is 37.0 Å². The summed E-state index contributed by atoms with van der Waals surface area (Å²) in [7, 11) is 0. The molecule has 0 bridgehead atoms. The van der Waals surface area contributed by atoms with E-state index in [4.69, 9.17) is 0 Å². The number of nitrogens with zero attached hydrogens (tertiary/aromatic N) is 1. The third kappa shape index (κ3) is 2.68. The first-order valence-electron chi connectivity index (χ1n) is 6.88. The maximum absolute atomic E-state index is 9.87. The number of benzene rings is 1. The number of rotatable bonds is 3. The molecular weight excluding hydrogens is 224 g/mol. The molecule has 2 N–H and O–H groups in total. The Labute approximate surface area is 110 Å². The SMILES string of the molecule is CC[C@H](c1cc(C)c(O)c(C)c1)N1CCNCC1. The fourth-order valence-corrected chi connectivity index (χ4v) is 2.88. The molecule has 1 saturated heterocycles. The Hall–Kier alpha value is -1.06. The highest BCUT2D eigenvalue weighted by Gasteiger charge is 2.21. The molecule has 0 amide bonds. The van der Waals surface area contributed by atoms with E-state index >= 15 is 0 Å². The summed E-state index contributed by atoms with van der Waals surface area (Å²) < 4.78 is 0. The average molecular weight is 248 g/mol. The van der Waals surface area contributed by atoms with Crippen molar-refractivity contribution in [1.82, 2.24) is 10.2 Å². The van der Waals surface area contributed by atoms with Crippen LogP contribution in [-0.2, 0) is 0 Å². The first-order valence-corrected chi connectivity index (χ1v) is 6.88. The molecule has 3 nitrogen and oxygen atoms in total. The van der Waals surface area contributed by atoms with Gasteiger partial charge in [-0.25, -0.2) is 0 Å². The summed E-state index contributed by atoms with van der Waals surface area (Å²) in [5.74, 6) is 0.439. The van der Waals surface area contributed by atoms with E-state index in [9.17, 15) is 5.11 Å². The molecule has 1 aliphatic rings. The average Bonchev–Trinajstić information content (AvgIpc) is 2.38. The van der Waals surface area contributed by atoms with Crippen LogP contribution in [-0.4, -0.2) is 36.2 Å². The van der Waals surface area contributed by atoms with Crippen molar-refractivity contribution in [3.63, 3.8) is 0 Å². The zero-order chi connectivity index (χ0) is 13.1. The van der Waals surface area contributed by atoms with Crippen LogP contribution in [0.5, 0.6) is 5.75 Å². The molecule has 1 aromatic rings. The van der Waals surface area contributed by atoms with Gasteiger partial charge in [0, 0.05) is 32.2 Å². The molecule has 1 aliphatic heterocycles. The van der Waals surface area contributed by atoms with E-state index < -0.39 is 0 Å². The first-order chi connectivity index (χ1) is 8.63. The maximum Gasteiger partial charge on any atom is 0.121 e. The normalized spacial score (nSPS) is 18.8. The van der Waals surface area contributed by atoms with Crippen molar-refractivity contribution in [2.24, 2.45) is 0 Å². The molecule has 18 heavy (non-hydrogen) atoms. The number of phenolic OH excluding ortho intramolecular Hbond substituents is 1. The van der Waals surface area contributed by atoms with Crippen molar-refractivity contribution in [3.8, 4) is 5.75 Å². The summed E-state index contributed by atoms with van der Waals surface area (Å²) in [6.45, 7) is 10.6. The largest absolute Gasteiger partial charge is 0.507 e. The van der Waals surface area contributed by atoms with Crippen molar-refractivity contribution in [2.75, 3.05) is 26.2 Å². The highest BCUT2D eigenvalue weighted by atomic mass is 16.3. The van der Waals surface area contributed by atoms with E-state index in [0.29, 0.717) is 11.8 Å². The van der Waals surface area contributed by atoms with Gasteiger partial charge in [0.25, 0.3) is 0 Å². The second-order valence-corrected chi connectivity index (χ2v) is 5.21. The van der Waals surface area contributed by atoms with Gasteiger partial charge in [-0.2, -0.15) is 0 Å². The molecule has 0 spiro atoms. The molecule has 100 valence electrons. The minimum Gasteiger partial charge on any atom is -0.507 e. The number of hydrogen-bond donors (Lipinski definition) is 2. The molecular formula is C15H24N2O. The lowest BCUT2D eigenvalue weighted by Crippen LogP contribution is -2.45. The van der Waals surface area contributed by atoms with Gasteiger partial charge in [0.1, 0.15) is 5.75 Å². The van der Waals surface area contributed by atoms with Gasteiger partial charge in [-0.15, -0.1) is 0 Å². The Morgan fingerprint density at radius 1 is 1.22 bits per heavy atom. The highest BCUT2D eigenvalue weighted by Crippen LogP contribution is 2.30. The van der Waals surface area contributed by atoms with Crippen LogP contribution in [0.15, 0.2) is 12.1 Å². The van der Waals surface area contributed by atoms with Gasteiger partial charge in [0.2, 0.25) is 0 Å². The Morgan fingerprint density at radius 2 is 1.78 bits per heavy atom. The lowest BCUT2D eigenvalue weighted by atomic mass is 9.97. The lowest BCUT2D eigenvalue weighted by Gasteiger charge is -2.35. The smallest absolute Gasteiger partial charge is 0.121 e. The van der Waals surface area contributed by atoms with Crippen LogP contribution in [0, 0.1) is 13.8 Å². The number of phenols is 1. The van der Waals surface area contributed by atoms with Gasteiger partial charge in [-0.3, -0.25) is 4.90 Å². The molecule has 1 atom stereocenters. The predicted octanol–water partition coefficient (Wildman–Crippen LogP) is 2.37. The third-order valence-electron chi connectivity index (χ3n) is 3.88.